The molecule has 2 aliphatic rings. The van der Waals surface area contributed by atoms with E-state index in [1.165, 1.54) is 6.92 Å². The summed E-state index contributed by atoms with van der Waals surface area (Å²) in [5, 5.41) is 9.56. The zero-order chi connectivity index (χ0) is 12.1. The summed E-state index contributed by atoms with van der Waals surface area (Å²) in [6.07, 6.45) is -1.52. The van der Waals surface area contributed by atoms with Gasteiger partial charge in [-0.3, -0.25) is 4.79 Å². The number of methoxy groups -OCH3 is 1. The molecule has 5 nitrogen and oxygen atoms in total. The van der Waals surface area contributed by atoms with Gasteiger partial charge in [0.1, 0.15) is 6.10 Å². The van der Waals surface area contributed by atoms with Gasteiger partial charge < -0.3 is 14.6 Å². The third-order valence-electron chi connectivity index (χ3n) is 3.35. The molecule has 6 heteroatoms. The first-order chi connectivity index (χ1) is 7.42. The summed E-state index contributed by atoms with van der Waals surface area (Å²) in [5.74, 6) is -3.11. The molecule has 2 fully saturated rings. The van der Waals surface area contributed by atoms with Gasteiger partial charge in [-0.2, -0.15) is 0 Å². The summed E-state index contributed by atoms with van der Waals surface area (Å²) in [6, 6.07) is 0. The second kappa shape index (κ2) is 3.41. The Bertz CT molecular complexity index is 344. The Morgan fingerprint density at radius 3 is 2.56 bits per heavy atom. The van der Waals surface area contributed by atoms with Crippen molar-refractivity contribution < 1.29 is 28.6 Å². The largest absolute Gasteiger partial charge is 0.467 e. The molecule has 90 valence electrons. The zero-order valence-corrected chi connectivity index (χ0v) is 8.97. The molecule has 0 aromatic carbocycles. The van der Waals surface area contributed by atoms with Crippen LogP contribution in [0.25, 0.3) is 0 Å². The number of hydrogen-bond acceptors (Lipinski definition) is 5. The smallest absolute Gasteiger partial charge is 0.344 e. The molecule has 0 aromatic rings. The normalized spacial score (nSPS) is 44.8. The van der Waals surface area contributed by atoms with Gasteiger partial charge in [0.15, 0.2) is 0 Å². The van der Waals surface area contributed by atoms with Crippen molar-refractivity contribution in [1.29, 1.82) is 0 Å². The molecule has 5 atom stereocenters. The molecule has 2 rings (SSSR count). The van der Waals surface area contributed by atoms with Crippen LogP contribution in [-0.4, -0.2) is 42.0 Å². The fourth-order valence-electron chi connectivity index (χ4n) is 2.72. The fourth-order valence-corrected chi connectivity index (χ4v) is 2.72. The summed E-state index contributed by atoms with van der Waals surface area (Å²) in [7, 11) is 1.09. The number of rotatable bonds is 2. The van der Waals surface area contributed by atoms with E-state index in [2.05, 4.69) is 4.74 Å². The van der Waals surface area contributed by atoms with Crippen LogP contribution in [0.15, 0.2) is 0 Å². The lowest BCUT2D eigenvalue weighted by molar-refractivity contribution is -0.157. The maximum Gasteiger partial charge on any atom is 0.344 e. The minimum atomic E-state index is -2.19. The van der Waals surface area contributed by atoms with E-state index in [0.717, 1.165) is 7.11 Å². The van der Waals surface area contributed by atoms with Crippen molar-refractivity contribution >= 4 is 11.9 Å². The summed E-state index contributed by atoms with van der Waals surface area (Å²) >= 11 is 0. The number of alkyl halides is 1. The number of aliphatic hydroxyl groups is 1. The van der Waals surface area contributed by atoms with Crippen LogP contribution in [0.2, 0.25) is 0 Å². The summed E-state index contributed by atoms with van der Waals surface area (Å²) in [4.78, 5) is 22.0. The first-order valence-corrected chi connectivity index (χ1v) is 5.05. The van der Waals surface area contributed by atoms with Crippen LogP contribution in [0.1, 0.15) is 13.3 Å². The van der Waals surface area contributed by atoms with Gasteiger partial charge in [0.05, 0.1) is 19.1 Å². The Morgan fingerprint density at radius 1 is 1.44 bits per heavy atom. The van der Waals surface area contributed by atoms with Crippen molar-refractivity contribution in [2.24, 2.45) is 11.8 Å². The molecule has 2 saturated carbocycles. The van der Waals surface area contributed by atoms with Gasteiger partial charge in [-0.25, -0.2) is 9.18 Å². The van der Waals surface area contributed by atoms with Crippen LogP contribution < -0.4 is 0 Å². The molecule has 1 N–H and O–H groups in total. The number of hydrogen-bond donors (Lipinski definition) is 1. The third kappa shape index (κ3) is 1.32. The van der Waals surface area contributed by atoms with Crippen LogP contribution in [0.4, 0.5) is 4.39 Å². The van der Waals surface area contributed by atoms with Crippen molar-refractivity contribution in [3.05, 3.63) is 0 Å². The standard InChI is InChI=1S/C10H13FO5/c1-4(12)16-6-3-5(13)7-8(6)10(7,11)9(14)15-2/h5-8,13H,3H2,1-2H3/t5-,6+,7+,8-,10+/m0/s1. The van der Waals surface area contributed by atoms with Crippen molar-refractivity contribution in [2.45, 2.75) is 31.2 Å². The van der Waals surface area contributed by atoms with E-state index in [0.29, 0.717) is 0 Å². The molecule has 0 aliphatic heterocycles. The Hall–Kier alpha value is -1.17. The van der Waals surface area contributed by atoms with Crippen LogP contribution in [0.3, 0.4) is 0 Å². The van der Waals surface area contributed by atoms with Crippen molar-refractivity contribution in [3.8, 4) is 0 Å². The van der Waals surface area contributed by atoms with Crippen LogP contribution in [0.5, 0.6) is 0 Å². The summed E-state index contributed by atoms with van der Waals surface area (Å²) < 4.78 is 23.4. The molecular formula is C10H13FO5. The number of aliphatic hydroxyl groups excluding tert-OH is 1. The Labute approximate surface area is 91.5 Å². The minimum Gasteiger partial charge on any atom is -0.467 e. The SMILES string of the molecule is COC(=O)[C@]1(F)[C@@H]2[C@H]1[C@@H](O)C[C@H]2OC(C)=O. The zero-order valence-electron chi connectivity index (χ0n) is 8.97. The Morgan fingerprint density at radius 2 is 2.06 bits per heavy atom. The first-order valence-electron chi connectivity index (χ1n) is 5.05. The molecular weight excluding hydrogens is 219 g/mol. The van der Waals surface area contributed by atoms with E-state index >= 15 is 0 Å². The predicted molar refractivity (Wildman–Crippen MR) is 49.0 cm³/mol. The number of halogens is 1. The van der Waals surface area contributed by atoms with Gasteiger partial charge in [0, 0.05) is 19.3 Å². The lowest BCUT2D eigenvalue weighted by Crippen LogP contribution is -2.34. The van der Waals surface area contributed by atoms with Gasteiger partial charge in [-0.15, -0.1) is 0 Å². The van der Waals surface area contributed by atoms with E-state index < -0.39 is 41.7 Å². The lowest BCUT2D eigenvalue weighted by atomic mass is 10.1. The van der Waals surface area contributed by atoms with E-state index in [4.69, 9.17) is 4.74 Å². The van der Waals surface area contributed by atoms with Gasteiger partial charge in [-0.05, 0) is 0 Å². The maximum atomic E-state index is 14.1. The summed E-state index contributed by atoms with van der Waals surface area (Å²) in [6.45, 7) is 1.21. The van der Waals surface area contributed by atoms with Crippen LogP contribution >= 0.6 is 0 Å². The molecule has 0 bridgehead atoms. The number of ether oxygens (including phenoxy) is 2. The fraction of sp³-hybridized carbons (Fsp3) is 0.800. The highest BCUT2D eigenvalue weighted by atomic mass is 19.1. The summed E-state index contributed by atoms with van der Waals surface area (Å²) in [5.41, 5.74) is -2.19. The molecule has 2 aliphatic carbocycles. The van der Waals surface area contributed by atoms with Gasteiger partial charge >= 0.3 is 11.9 Å². The average Bonchev–Trinajstić information content (AvgIpc) is 2.69. The average molecular weight is 232 g/mol. The van der Waals surface area contributed by atoms with Crippen LogP contribution in [-0.2, 0) is 19.1 Å². The van der Waals surface area contributed by atoms with Crippen LogP contribution in [0, 0.1) is 11.8 Å². The minimum absolute atomic E-state index is 0.178. The van der Waals surface area contributed by atoms with Crippen molar-refractivity contribution in [1.82, 2.24) is 0 Å². The monoisotopic (exact) mass is 232 g/mol. The quantitative estimate of drug-likeness (QED) is 0.668. The first kappa shape index (κ1) is 11.3. The predicted octanol–water partition coefficient (Wildman–Crippen LogP) is -0.190. The van der Waals surface area contributed by atoms with E-state index in [9.17, 15) is 19.1 Å². The highest BCUT2D eigenvalue weighted by Gasteiger charge is 2.81. The number of esters is 2. The molecule has 16 heavy (non-hydrogen) atoms. The molecule has 0 spiro atoms. The van der Waals surface area contributed by atoms with Gasteiger partial charge in [0.2, 0.25) is 5.67 Å². The highest BCUT2D eigenvalue weighted by molar-refractivity contribution is 5.85. The van der Waals surface area contributed by atoms with E-state index in [1.807, 2.05) is 0 Å². The second-order valence-electron chi connectivity index (χ2n) is 4.26. The Balaban J connectivity index is 2.14. The molecule has 0 amide bonds. The second-order valence-corrected chi connectivity index (χ2v) is 4.26. The van der Waals surface area contributed by atoms with Crippen molar-refractivity contribution in [2.75, 3.05) is 7.11 Å². The highest BCUT2D eigenvalue weighted by Crippen LogP contribution is 2.64. The van der Waals surface area contributed by atoms with E-state index in [-0.39, 0.29) is 6.42 Å². The topological polar surface area (TPSA) is 72.8 Å². The van der Waals surface area contributed by atoms with Gasteiger partial charge in [0.25, 0.3) is 0 Å². The number of carbonyl (C=O) groups excluding carboxylic acids is 2. The number of fused-ring (bicyclic) bond motifs is 1. The molecule has 0 unspecified atom stereocenters. The van der Waals surface area contributed by atoms with Gasteiger partial charge in [-0.1, -0.05) is 0 Å². The Kier molecular flexibility index (Phi) is 2.41. The molecule has 0 saturated heterocycles. The maximum absolute atomic E-state index is 14.1. The third-order valence-corrected chi connectivity index (χ3v) is 3.35. The molecule has 0 radical (unpaired) electrons. The lowest BCUT2D eigenvalue weighted by Gasteiger charge is -2.18. The molecule has 0 heterocycles. The number of carbonyl (C=O) groups is 2. The van der Waals surface area contributed by atoms with Crippen molar-refractivity contribution in [3.63, 3.8) is 0 Å². The van der Waals surface area contributed by atoms with E-state index in [1.54, 1.807) is 0 Å². The molecule has 0 aromatic heterocycles.